The Morgan fingerprint density at radius 1 is 1.24 bits per heavy atom. The number of hydrogen-bond acceptors (Lipinski definition) is 6. The predicted octanol–water partition coefficient (Wildman–Crippen LogP) is 3.44. The number of fused-ring (bicyclic) bond motifs is 2. The fourth-order valence-corrected chi connectivity index (χ4v) is 3.81. The molecule has 1 atom stereocenters. The Balaban J connectivity index is 1.55. The minimum absolute atomic E-state index is 0.117. The van der Waals surface area contributed by atoms with E-state index >= 15 is 0 Å². The van der Waals surface area contributed by atoms with Gasteiger partial charge in [-0.25, -0.2) is 23.3 Å². The maximum Gasteiger partial charge on any atom is 0.267 e. The second-order valence-corrected chi connectivity index (χ2v) is 7.15. The van der Waals surface area contributed by atoms with Crippen molar-refractivity contribution in [1.29, 1.82) is 0 Å². The van der Waals surface area contributed by atoms with Crippen molar-refractivity contribution in [2.75, 3.05) is 12.4 Å². The van der Waals surface area contributed by atoms with Crippen molar-refractivity contribution in [2.24, 2.45) is 0 Å². The second kappa shape index (κ2) is 6.64. The van der Waals surface area contributed by atoms with E-state index in [4.69, 9.17) is 4.74 Å². The van der Waals surface area contributed by atoms with Gasteiger partial charge in [0.25, 0.3) is 5.92 Å². The summed E-state index contributed by atoms with van der Waals surface area (Å²) in [6.07, 6.45) is 10.4. The van der Waals surface area contributed by atoms with Gasteiger partial charge in [0.1, 0.15) is 5.52 Å². The lowest BCUT2D eigenvalue weighted by Crippen LogP contribution is -2.42. The number of rotatable bonds is 4. The number of hydrogen-bond donors (Lipinski definition) is 1. The molecule has 1 aliphatic rings. The molecule has 5 rings (SSSR count). The molecule has 29 heavy (non-hydrogen) atoms. The van der Waals surface area contributed by atoms with Crippen LogP contribution in [0.15, 0.2) is 37.1 Å². The molecule has 0 radical (unpaired) electrons. The van der Waals surface area contributed by atoms with Gasteiger partial charge in [-0.1, -0.05) is 6.42 Å². The van der Waals surface area contributed by atoms with Gasteiger partial charge in [0.05, 0.1) is 13.2 Å². The summed E-state index contributed by atoms with van der Waals surface area (Å²) in [5.74, 6) is -1.77. The number of imidazole rings is 1. The number of anilines is 1. The van der Waals surface area contributed by atoms with Crippen LogP contribution in [-0.2, 0) is 0 Å². The number of aromatic nitrogens is 6. The minimum atomic E-state index is -2.78. The summed E-state index contributed by atoms with van der Waals surface area (Å²) in [6.45, 7) is 0. The van der Waals surface area contributed by atoms with Crippen LogP contribution in [0.5, 0.6) is 5.88 Å². The fourth-order valence-electron chi connectivity index (χ4n) is 3.81. The van der Waals surface area contributed by atoms with Gasteiger partial charge >= 0.3 is 0 Å². The zero-order valence-electron chi connectivity index (χ0n) is 15.7. The second-order valence-electron chi connectivity index (χ2n) is 7.15. The fraction of sp³-hybridized carbons (Fsp3) is 0.368. The number of nitrogens with zero attached hydrogens (tertiary/aromatic N) is 6. The van der Waals surface area contributed by atoms with Crippen molar-refractivity contribution >= 4 is 17.2 Å². The van der Waals surface area contributed by atoms with Crippen LogP contribution in [0.4, 0.5) is 14.7 Å². The van der Waals surface area contributed by atoms with Crippen LogP contribution >= 0.6 is 0 Å². The van der Waals surface area contributed by atoms with Crippen LogP contribution in [0.25, 0.3) is 22.4 Å². The van der Waals surface area contributed by atoms with Crippen molar-refractivity contribution in [3.63, 3.8) is 0 Å². The average molecular weight is 399 g/mol. The predicted molar refractivity (Wildman–Crippen MR) is 102 cm³/mol. The quantitative estimate of drug-likeness (QED) is 0.566. The SMILES string of the molecule is COc1nc(NC2CCCCC2(F)F)nn2ccc(-c3cnc4nccn4c3)c12. The third-order valence-corrected chi connectivity index (χ3v) is 5.29. The van der Waals surface area contributed by atoms with Crippen LogP contribution in [0, 0.1) is 0 Å². The van der Waals surface area contributed by atoms with Crippen LogP contribution < -0.4 is 10.1 Å². The summed E-state index contributed by atoms with van der Waals surface area (Å²) in [4.78, 5) is 12.8. The average Bonchev–Trinajstić information content (AvgIpc) is 3.35. The largest absolute Gasteiger partial charge is 0.479 e. The normalized spacial score (nSPS) is 18.9. The first-order valence-corrected chi connectivity index (χ1v) is 9.42. The lowest BCUT2D eigenvalue weighted by atomic mass is 9.92. The van der Waals surface area contributed by atoms with Crippen LogP contribution in [-0.4, -0.2) is 48.0 Å². The Morgan fingerprint density at radius 2 is 2.14 bits per heavy atom. The van der Waals surface area contributed by atoms with E-state index < -0.39 is 12.0 Å². The first-order chi connectivity index (χ1) is 14.0. The molecule has 0 saturated heterocycles. The minimum Gasteiger partial charge on any atom is -0.479 e. The summed E-state index contributed by atoms with van der Waals surface area (Å²) in [7, 11) is 1.50. The Hall–Kier alpha value is -3.30. The van der Waals surface area contributed by atoms with Crippen LogP contribution in [0.1, 0.15) is 25.7 Å². The van der Waals surface area contributed by atoms with E-state index in [1.807, 2.05) is 22.9 Å². The molecule has 1 unspecified atom stereocenters. The molecule has 4 aromatic rings. The zero-order chi connectivity index (χ0) is 20.0. The van der Waals surface area contributed by atoms with Crippen LogP contribution in [0.3, 0.4) is 0 Å². The first kappa shape index (κ1) is 17.8. The van der Waals surface area contributed by atoms with Gasteiger partial charge in [-0.2, -0.15) is 4.98 Å². The number of halogens is 2. The summed E-state index contributed by atoms with van der Waals surface area (Å²) in [5, 5.41) is 7.19. The maximum absolute atomic E-state index is 14.2. The standard InChI is InChI=1S/C19H19F2N7O/c1-29-16-15-13(12-10-23-18-22-7-9-27(18)11-12)5-8-28(15)26-17(25-16)24-14-4-2-3-6-19(14,20)21/h5,7-11,14H,2-4,6H2,1H3,(H,24,26). The van der Waals surface area contributed by atoms with E-state index in [0.717, 1.165) is 17.5 Å². The summed E-state index contributed by atoms with van der Waals surface area (Å²) < 4.78 is 37.3. The number of nitrogens with one attached hydrogen (secondary N) is 1. The van der Waals surface area contributed by atoms with Crippen molar-refractivity contribution in [3.8, 4) is 17.0 Å². The molecule has 1 aliphatic carbocycles. The summed E-state index contributed by atoms with van der Waals surface area (Å²) >= 11 is 0. The Morgan fingerprint density at radius 3 is 2.97 bits per heavy atom. The molecular formula is C19H19F2N7O. The third kappa shape index (κ3) is 3.04. The van der Waals surface area contributed by atoms with E-state index in [1.54, 1.807) is 23.1 Å². The lowest BCUT2D eigenvalue weighted by molar-refractivity contribution is -0.0451. The number of methoxy groups -OCH3 is 1. The Labute approximate surface area is 164 Å². The zero-order valence-corrected chi connectivity index (χ0v) is 15.7. The van der Waals surface area contributed by atoms with E-state index in [-0.39, 0.29) is 12.4 Å². The number of ether oxygens (including phenoxy) is 1. The van der Waals surface area contributed by atoms with Crippen molar-refractivity contribution in [2.45, 2.75) is 37.6 Å². The molecule has 1 saturated carbocycles. The highest BCUT2D eigenvalue weighted by atomic mass is 19.3. The Kier molecular flexibility index (Phi) is 4.07. The molecule has 1 fully saturated rings. The van der Waals surface area contributed by atoms with Crippen molar-refractivity contribution in [1.82, 2.24) is 29.0 Å². The van der Waals surface area contributed by atoms with Gasteiger partial charge in [-0.15, -0.1) is 5.10 Å². The molecule has 4 heterocycles. The smallest absolute Gasteiger partial charge is 0.267 e. The van der Waals surface area contributed by atoms with Gasteiger partial charge in [-0.05, 0) is 18.9 Å². The Bertz CT molecular complexity index is 1190. The van der Waals surface area contributed by atoms with E-state index in [2.05, 4.69) is 25.4 Å². The topological polar surface area (TPSA) is 81.6 Å². The molecule has 0 aromatic carbocycles. The monoisotopic (exact) mass is 399 g/mol. The molecule has 0 bridgehead atoms. The van der Waals surface area contributed by atoms with E-state index in [9.17, 15) is 8.78 Å². The molecule has 1 N–H and O–H groups in total. The number of alkyl halides is 2. The highest BCUT2D eigenvalue weighted by molar-refractivity contribution is 5.84. The van der Waals surface area contributed by atoms with Crippen molar-refractivity contribution in [3.05, 3.63) is 37.1 Å². The van der Waals surface area contributed by atoms with Crippen molar-refractivity contribution < 1.29 is 13.5 Å². The van der Waals surface area contributed by atoms with Gasteiger partial charge < -0.3 is 10.1 Å². The third-order valence-electron chi connectivity index (χ3n) is 5.29. The molecule has 10 heteroatoms. The summed E-state index contributed by atoms with van der Waals surface area (Å²) in [5.41, 5.74) is 2.29. The highest BCUT2D eigenvalue weighted by Gasteiger charge is 2.42. The van der Waals surface area contributed by atoms with E-state index in [1.165, 1.54) is 7.11 Å². The lowest BCUT2D eigenvalue weighted by Gasteiger charge is -2.31. The van der Waals surface area contributed by atoms with Gasteiger partial charge in [0, 0.05) is 48.5 Å². The van der Waals surface area contributed by atoms with Gasteiger partial charge in [0.15, 0.2) is 0 Å². The molecule has 0 spiro atoms. The van der Waals surface area contributed by atoms with Gasteiger partial charge in [0.2, 0.25) is 17.6 Å². The first-order valence-electron chi connectivity index (χ1n) is 9.42. The highest BCUT2D eigenvalue weighted by Crippen LogP contribution is 2.36. The maximum atomic E-state index is 14.2. The molecular weight excluding hydrogens is 380 g/mol. The summed E-state index contributed by atoms with van der Waals surface area (Å²) in [6, 6.07) is 0.881. The van der Waals surface area contributed by atoms with Gasteiger partial charge in [-0.3, -0.25) is 4.40 Å². The molecule has 0 amide bonds. The molecule has 150 valence electrons. The molecule has 8 nitrogen and oxygen atoms in total. The molecule has 4 aromatic heterocycles. The van der Waals surface area contributed by atoms with Crippen LogP contribution in [0.2, 0.25) is 0 Å². The van der Waals surface area contributed by atoms with E-state index in [0.29, 0.717) is 30.0 Å². The molecule has 0 aliphatic heterocycles.